The third-order valence-corrected chi connectivity index (χ3v) is 4.98. The van der Waals surface area contributed by atoms with E-state index in [1.54, 1.807) is 0 Å². The number of carboxylic acids is 1. The molecule has 1 aliphatic heterocycles. The smallest absolute Gasteiger partial charge is 0.324 e. The van der Waals surface area contributed by atoms with Crippen molar-refractivity contribution >= 4 is 5.97 Å². The molecule has 0 radical (unpaired) electrons. The molecule has 3 atom stereocenters. The molecule has 1 N–H and O–H groups in total. The van der Waals surface area contributed by atoms with Gasteiger partial charge in [-0.3, -0.25) is 9.69 Å². The zero-order valence-electron chi connectivity index (χ0n) is 11.4. The van der Waals surface area contributed by atoms with Crippen molar-refractivity contribution in [3.8, 4) is 0 Å². The van der Waals surface area contributed by atoms with Crippen molar-refractivity contribution in [2.24, 2.45) is 5.92 Å². The number of fused-ring (bicyclic) bond motifs is 2. The maximum Gasteiger partial charge on any atom is 0.324 e. The molecule has 1 aliphatic carbocycles. The molecule has 1 heterocycles. The second-order valence-electron chi connectivity index (χ2n) is 6.04. The molecule has 19 heavy (non-hydrogen) atoms. The van der Waals surface area contributed by atoms with Crippen LogP contribution in [-0.4, -0.2) is 28.1 Å². The van der Waals surface area contributed by atoms with Crippen molar-refractivity contribution in [2.75, 3.05) is 6.54 Å². The molecule has 1 saturated carbocycles. The van der Waals surface area contributed by atoms with Crippen LogP contribution in [0.1, 0.15) is 44.2 Å². The molecular formula is C16H21NO2. The second kappa shape index (κ2) is 4.64. The van der Waals surface area contributed by atoms with Gasteiger partial charge in [0.15, 0.2) is 0 Å². The van der Waals surface area contributed by atoms with Crippen LogP contribution in [0.3, 0.4) is 0 Å². The minimum atomic E-state index is -0.627. The van der Waals surface area contributed by atoms with E-state index in [1.165, 1.54) is 12.0 Å². The van der Waals surface area contributed by atoms with Crippen LogP contribution in [0.2, 0.25) is 0 Å². The normalized spacial score (nSPS) is 32.2. The van der Waals surface area contributed by atoms with E-state index >= 15 is 0 Å². The Kier molecular flexibility index (Phi) is 3.09. The number of aliphatic carboxylic acids is 1. The lowest BCUT2D eigenvalue weighted by Gasteiger charge is -2.39. The fraction of sp³-hybridized carbons (Fsp3) is 0.562. The van der Waals surface area contributed by atoms with E-state index in [1.807, 2.05) is 18.2 Å². The minimum Gasteiger partial charge on any atom is -0.480 e. The molecule has 2 fully saturated rings. The predicted octanol–water partition coefficient (Wildman–Crippen LogP) is 3.08. The average Bonchev–Trinajstić information content (AvgIpc) is 2.71. The monoisotopic (exact) mass is 259 g/mol. The Morgan fingerprint density at radius 3 is 2.84 bits per heavy atom. The topological polar surface area (TPSA) is 40.5 Å². The SMILES string of the molecule is CC(c1ccccc1)N1CC2CCCC1(C(=O)O)C2. The Labute approximate surface area is 114 Å². The second-order valence-corrected chi connectivity index (χ2v) is 6.04. The highest BCUT2D eigenvalue weighted by molar-refractivity contribution is 5.79. The molecular weight excluding hydrogens is 238 g/mol. The summed E-state index contributed by atoms with van der Waals surface area (Å²) in [5.74, 6) is -0.0616. The standard InChI is InChI=1S/C16H21NO2/c1-12(14-7-3-2-4-8-14)17-11-13-6-5-9-16(17,10-13)15(18)19/h2-4,7-8,12-13H,5-6,9-11H2,1H3,(H,18,19). The molecule has 102 valence electrons. The van der Waals surface area contributed by atoms with Gasteiger partial charge in [0.2, 0.25) is 0 Å². The van der Waals surface area contributed by atoms with Crippen LogP contribution >= 0.6 is 0 Å². The van der Waals surface area contributed by atoms with E-state index in [4.69, 9.17) is 0 Å². The van der Waals surface area contributed by atoms with Crippen LogP contribution in [-0.2, 0) is 4.79 Å². The summed E-state index contributed by atoms with van der Waals surface area (Å²) in [6, 6.07) is 10.4. The van der Waals surface area contributed by atoms with Crippen molar-refractivity contribution in [2.45, 2.75) is 44.2 Å². The summed E-state index contributed by atoms with van der Waals surface area (Å²) in [6.45, 7) is 3.07. The number of carboxylic acid groups (broad SMARTS) is 1. The lowest BCUT2D eigenvalue weighted by molar-refractivity contribution is -0.152. The predicted molar refractivity (Wildman–Crippen MR) is 73.9 cm³/mol. The molecule has 3 rings (SSSR count). The third-order valence-electron chi connectivity index (χ3n) is 4.98. The molecule has 3 heteroatoms. The Morgan fingerprint density at radius 1 is 1.42 bits per heavy atom. The van der Waals surface area contributed by atoms with Gasteiger partial charge in [-0.1, -0.05) is 36.8 Å². The highest BCUT2D eigenvalue weighted by Crippen LogP contribution is 2.47. The zero-order chi connectivity index (χ0) is 13.5. The number of nitrogens with zero attached hydrogens (tertiary/aromatic N) is 1. The molecule has 2 bridgehead atoms. The Hall–Kier alpha value is -1.35. The van der Waals surface area contributed by atoms with Gasteiger partial charge >= 0.3 is 5.97 Å². The summed E-state index contributed by atoms with van der Waals surface area (Å²) in [5.41, 5.74) is 0.605. The van der Waals surface area contributed by atoms with Crippen LogP contribution in [0.4, 0.5) is 0 Å². The number of hydrogen-bond acceptors (Lipinski definition) is 2. The molecule has 1 saturated heterocycles. The van der Waals surface area contributed by atoms with Crippen molar-refractivity contribution in [1.82, 2.24) is 4.90 Å². The summed E-state index contributed by atoms with van der Waals surface area (Å²) in [7, 11) is 0. The van der Waals surface area contributed by atoms with E-state index in [0.717, 1.165) is 25.8 Å². The fourth-order valence-corrected chi connectivity index (χ4v) is 3.99. The summed E-state index contributed by atoms with van der Waals surface area (Å²) < 4.78 is 0. The molecule has 3 nitrogen and oxygen atoms in total. The van der Waals surface area contributed by atoms with Crippen molar-refractivity contribution in [3.05, 3.63) is 35.9 Å². The highest BCUT2D eigenvalue weighted by Gasteiger charge is 2.54. The van der Waals surface area contributed by atoms with E-state index in [0.29, 0.717) is 5.92 Å². The lowest BCUT2D eigenvalue weighted by atomic mass is 9.79. The van der Waals surface area contributed by atoms with Crippen LogP contribution in [0.15, 0.2) is 30.3 Å². The van der Waals surface area contributed by atoms with Gasteiger partial charge in [-0.15, -0.1) is 0 Å². The summed E-state index contributed by atoms with van der Waals surface area (Å²) in [6.07, 6.45) is 3.87. The van der Waals surface area contributed by atoms with E-state index in [9.17, 15) is 9.90 Å². The van der Waals surface area contributed by atoms with Gasteiger partial charge in [-0.25, -0.2) is 0 Å². The molecule has 2 aliphatic rings. The molecule has 0 amide bonds. The maximum absolute atomic E-state index is 11.8. The van der Waals surface area contributed by atoms with Gasteiger partial charge < -0.3 is 5.11 Å². The van der Waals surface area contributed by atoms with Crippen molar-refractivity contribution < 1.29 is 9.90 Å². The lowest BCUT2D eigenvalue weighted by Crippen LogP contribution is -2.51. The number of likely N-dealkylation sites (tertiary alicyclic amines) is 1. The van der Waals surface area contributed by atoms with Gasteiger partial charge in [0.1, 0.15) is 5.54 Å². The first-order chi connectivity index (χ1) is 9.13. The van der Waals surface area contributed by atoms with Crippen molar-refractivity contribution in [1.29, 1.82) is 0 Å². The summed E-state index contributed by atoms with van der Waals surface area (Å²) in [5, 5.41) is 9.74. The summed E-state index contributed by atoms with van der Waals surface area (Å²) in [4.78, 5) is 14.1. The van der Waals surface area contributed by atoms with Gasteiger partial charge in [0, 0.05) is 12.6 Å². The quantitative estimate of drug-likeness (QED) is 0.907. The highest BCUT2D eigenvalue weighted by atomic mass is 16.4. The molecule has 0 spiro atoms. The molecule has 1 aromatic rings. The average molecular weight is 259 g/mol. The fourth-order valence-electron chi connectivity index (χ4n) is 3.99. The zero-order valence-corrected chi connectivity index (χ0v) is 11.4. The molecule has 3 unspecified atom stereocenters. The van der Waals surface area contributed by atoms with Crippen LogP contribution in [0.25, 0.3) is 0 Å². The van der Waals surface area contributed by atoms with Gasteiger partial charge in [0.05, 0.1) is 0 Å². The van der Waals surface area contributed by atoms with E-state index < -0.39 is 11.5 Å². The van der Waals surface area contributed by atoms with Crippen LogP contribution in [0.5, 0.6) is 0 Å². The largest absolute Gasteiger partial charge is 0.480 e. The van der Waals surface area contributed by atoms with Crippen LogP contribution in [0, 0.1) is 5.92 Å². The van der Waals surface area contributed by atoms with E-state index in [2.05, 4.69) is 24.0 Å². The van der Waals surface area contributed by atoms with Crippen LogP contribution < -0.4 is 0 Å². The van der Waals surface area contributed by atoms with E-state index in [-0.39, 0.29) is 6.04 Å². The van der Waals surface area contributed by atoms with Gasteiger partial charge in [0.25, 0.3) is 0 Å². The van der Waals surface area contributed by atoms with Crippen molar-refractivity contribution in [3.63, 3.8) is 0 Å². The minimum absolute atomic E-state index is 0.181. The first-order valence-electron chi connectivity index (χ1n) is 7.18. The number of benzene rings is 1. The third kappa shape index (κ3) is 1.96. The van der Waals surface area contributed by atoms with Gasteiger partial charge in [-0.2, -0.15) is 0 Å². The number of carbonyl (C=O) groups is 1. The van der Waals surface area contributed by atoms with Gasteiger partial charge in [-0.05, 0) is 37.7 Å². The number of hydrogen-bond donors (Lipinski definition) is 1. The maximum atomic E-state index is 11.8. The Bertz CT molecular complexity index is 473. The Morgan fingerprint density at radius 2 is 2.16 bits per heavy atom. The first-order valence-corrected chi connectivity index (χ1v) is 7.18. The first kappa shape index (κ1) is 12.7. The summed E-state index contributed by atoms with van der Waals surface area (Å²) >= 11 is 0. The molecule has 1 aromatic carbocycles. The number of rotatable bonds is 3. The Balaban J connectivity index is 1.93. The molecule has 0 aromatic heterocycles.